The number of aliphatic carboxylic acids is 2. The number of benzene rings is 2. The Morgan fingerprint density at radius 3 is 1.95 bits per heavy atom. The first kappa shape index (κ1) is 29.0. The van der Waals surface area contributed by atoms with Crippen LogP contribution in [0.2, 0.25) is 0 Å². The van der Waals surface area contributed by atoms with Gasteiger partial charge in [0, 0.05) is 29.8 Å². The van der Waals surface area contributed by atoms with Crippen LogP contribution in [0.3, 0.4) is 0 Å². The summed E-state index contributed by atoms with van der Waals surface area (Å²) in [7, 11) is 0. The number of amides is 1. The molecule has 0 atom stereocenters. The van der Waals surface area contributed by atoms with Gasteiger partial charge < -0.3 is 20.4 Å². The van der Waals surface area contributed by atoms with Crippen LogP contribution in [0, 0.1) is 0 Å². The second kappa shape index (κ2) is 15.7. The van der Waals surface area contributed by atoms with E-state index in [1.807, 2.05) is 42.6 Å². The van der Waals surface area contributed by atoms with Gasteiger partial charge in [0.25, 0.3) is 0 Å². The van der Waals surface area contributed by atoms with Gasteiger partial charge in [0.15, 0.2) is 0 Å². The van der Waals surface area contributed by atoms with Crippen molar-refractivity contribution in [2.24, 2.45) is 0 Å². The molecule has 1 heterocycles. The average Bonchev–Trinajstić information content (AvgIpc) is 3.32. The highest BCUT2D eigenvalue weighted by Gasteiger charge is 2.16. The van der Waals surface area contributed by atoms with Gasteiger partial charge in [-0.25, -0.2) is 9.59 Å². The van der Waals surface area contributed by atoms with Crippen LogP contribution < -0.4 is 5.32 Å². The van der Waals surface area contributed by atoms with E-state index in [4.69, 9.17) is 10.2 Å². The molecule has 0 bridgehead atoms. The maximum Gasteiger partial charge on any atom is 0.328 e. The lowest BCUT2D eigenvalue weighted by molar-refractivity contribution is -0.134. The number of carbonyl (C=O) groups excluding carboxylic acids is 1. The molecule has 196 valence electrons. The largest absolute Gasteiger partial charge is 0.478 e. The van der Waals surface area contributed by atoms with Crippen molar-refractivity contribution in [3.63, 3.8) is 0 Å². The molecule has 0 fully saturated rings. The summed E-state index contributed by atoms with van der Waals surface area (Å²) in [5, 5.41) is 23.2. The van der Waals surface area contributed by atoms with Gasteiger partial charge in [-0.2, -0.15) is 5.10 Å². The molecule has 0 saturated heterocycles. The van der Waals surface area contributed by atoms with E-state index in [0.717, 1.165) is 48.4 Å². The zero-order valence-electron chi connectivity index (χ0n) is 21.2. The van der Waals surface area contributed by atoms with E-state index in [2.05, 4.69) is 53.4 Å². The van der Waals surface area contributed by atoms with Gasteiger partial charge >= 0.3 is 11.9 Å². The minimum atomic E-state index is -1.26. The summed E-state index contributed by atoms with van der Waals surface area (Å²) in [5.41, 5.74) is 4.15. The number of carbonyl (C=O) groups is 3. The predicted molar refractivity (Wildman–Crippen MR) is 143 cm³/mol. The van der Waals surface area contributed by atoms with E-state index in [0.29, 0.717) is 18.7 Å². The van der Waals surface area contributed by atoms with Gasteiger partial charge in [0.1, 0.15) is 6.54 Å². The summed E-state index contributed by atoms with van der Waals surface area (Å²) >= 11 is 0. The molecule has 1 aromatic heterocycles. The molecule has 0 radical (unpaired) electrons. The fourth-order valence-electron chi connectivity index (χ4n) is 3.64. The zero-order valence-corrected chi connectivity index (χ0v) is 21.2. The van der Waals surface area contributed by atoms with Crippen molar-refractivity contribution in [3.8, 4) is 22.4 Å². The SMILES string of the molecule is CCN(CC)CCCNC(=O)Cn1ncc(-c2ccccc2)c1-c1ccccc1.O=C(O)/C=C\C(=O)O. The smallest absolute Gasteiger partial charge is 0.328 e. The van der Waals surface area contributed by atoms with E-state index in [9.17, 15) is 14.4 Å². The highest BCUT2D eigenvalue weighted by atomic mass is 16.4. The number of hydrogen-bond acceptors (Lipinski definition) is 5. The fraction of sp³-hybridized carbons (Fsp3) is 0.286. The summed E-state index contributed by atoms with van der Waals surface area (Å²) in [6, 6.07) is 20.3. The van der Waals surface area contributed by atoms with Crippen LogP contribution in [0.1, 0.15) is 20.3 Å². The Hall–Kier alpha value is -4.24. The molecule has 3 N–H and O–H groups in total. The number of rotatable bonds is 12. The Morgan fingerprint density at radius 1 is 0.892 bits per heavy atom. The quantitative estimate of drug-likeness (QED) is 0.252. The minimum absolute atomic E-state index is 0.00978. The van der Waals surface area contributed by atoms with Crippen LogP contribution in [-0.4, -0.2) is 68.9 Å². The zero-order chi connectivity index (χ0) is 27.0. The molecule has 0 aliphatic rings. The van der Waals surface area contributed by atoms with Crippen LogP contribution in [0.5, 0.6) is 0 Å². The fourth-order valence-corrected chi connectivity index (χ4v) is 3.64. The van der Waals surface area contributed by atoms with Crippen LogP contribution in [-0.2, 0) is 20.9 Å². The van der Waals surface area contributed by atoms with Gasteiger partial charge in [-0.1, -0.05) is 74.5 Å². The summed E-state index contributed by atoms with van der Waals surface area (Å²) < 4.78 is 1.80. The van der Waals surface area contributed by atoms with Crippen LogP contribution >= 0.6 is 0 Å². The van der Waals surface area contributed by atoms with Gasteiger partial charge in [0.05, 0.1) is 11.9 Å². The molecule has 0 saturated carbocycles. The van der Waals surface area contributed by atoms with Crippen molar-refractivity contribution in [2.45, 2.75) is 26.8 Å². The van der Waals surface area contributed by atoms with Crippen molar-refractivity contribution in [3.05, 3.63) is 79.0 Å². The third-order valence-electron chi connectivity index (χ3n) is 5.50. The van der Waals surface area contributed by atoms with Crippen molar-refractivity contribution in [1.82, 2.24) is 20.0 Å². The second-order valence-electron chi connectivity index (χ2n) is 8.04. The summed E-state index contributed by atoms with van der Waals surface area (Å²) in [5.74, 6) is -2.52. The first-order chi connectivity index (χ1) is 17.8. The van der Waals surface area contributed by atoms with Gasteiger partial charge in [-0.3, -0.25) is 9.48 Å². The summed E-state index contributed by atoms with van der Waals surface area (Å²) in [6.45, 7) is 8.30. The lowest BCUT2D eigenvalue weighted by Gasteiger charge is -2.17. The average molecular weight is 507 g/mol. The third kappa shape index (κ3) is 10.1. The summed E-state index contributed by atoms with van der Waals surface area (Å²) in [6.07, 6.45) is 3.92. The number of carboxylic acid groups (broad SMARTS) is 2. The Labute approximate surface area is 217 Å². The molecule has 0 aliphatic heterocycles. The molecular weight excluding hydrogens is 472 g/mol. The number of nitrogens with one attached hydrogen (secondary N) is 1. The molecule has 1 amide bonds. The molecule has 0 spiro atoms. The van der Waals surface area contributed by atoms with Gasteiger partial charge in [-0.05, 0) is 31.6 Å². The Kier molecular flexibility index (Phi) is 12.3. The van der Waals surface area contributed by atoms with E-state index in [1.165, 1.54) is 0 Å². The molecule has 3 aromatic rings. The number of carboxylic acids is 2. The monoisotopic (exact) mass is 506 g/mol. The predicted octanol–water partition coefficient (Wildman–Crippen LogP) is 3.78. The molecule has 2 aromatic carbocycles. The van der Waals surface area contributed by atoms with Gasteiger partial charge in [-0.15, -0.1) is 0 Å². The van der Waals surface area contributed by atoms with Crippen molar-refractivity contribution in [1.29, 1.82) is 0 Å². The number of nitrogens with zero attached hydrogens (tertiary/aromatic N) is 3. The van der Waals surface area contributed by atoms with Crippen molar-refractivity contribution in [2.75, 3.05) is 26.2 Å². The highest BCUT2D eigenvalue weighted by molar-refractivity contribution is 5.89. The number of hydrogen-bond donors (Lipinski definition) is 3. The molecule has 3 rings (SSSR count). The van der Waals surface area contributed by atoms with Crippen LogP contribution in [0.15, 0.2) is 79.0 Å². The van der Waals surface area contributed by atoms with E-state index >= 15 is 0 Å². The molecule has 9 heteroatoms. The van der Waals surface area contributed by atoms with Crippen LogP contribution in [0.25, 0.3) is 22.4 Å². The maximum atomic E-state index is 12.5. The molecule has 0 unspecified atom stereocenters. The first-order valence-corrected chi connectivity index (χ1v) is 12.1. The standard InChI is InChI=1S/C24H30N4O.C4H4O4/c1-3-27(4-2)17-11-16-25-23(29)19-28-24(21-14-9-6-10-15-21)22(18-26-28)20-12-7-5-8-13-20;5-3(6)1-2-4(7)8/h5-10,12-15,18H,3-4,11,16-17,19H2,1-2H3,(H,25,29);1-2H,(H,5,6)(H,7,8)/b;2-1-. The number of aromatic nitrogens is 2. The molecule has 9 nitrogen and oxygen atoms in total. The van der Waals surface area contributed by atoms with E-state index in [1.54, 1.807) is 4.68 Å². The third-order valence-corrected chi connectivity index (χ3v) is 5.50. The van der Waals surface area contributed by atoms with Crippen molar-refractivity contribution >= 4 is 17.8 Å². The lowest BCUT2D eigenvalue weighted by atomic mass is 10.0. The molecular formula is C28H34N4O5. The van der Waals surface area contributed by atoms with E-state index in [-0.39, 0.29) is 12.5 Å². The second-order valence-corrected chi connectivity index (χ2v) is 8.04. The maximum absolute atomic E-state index is 12.5. The molecule has 0 aliphatic carbocycles. The van der Waals surface area contributed by atoms with E-state index < -0.39 is 11.9 Å². The Bertz CT molecular complexity index is 1140. The molecule has 37 heavy (non-hydrogen) atoms. The first-order valence-electron chi connectivity index (χ1n) is 12.1. The van der Waals surface area contributed by atoms with Crippen LogP contribution in [0.4, 0.5) is 0 Å². The van der Waals surface area contributed by atoms with Crippen molar-refractivity contribution < 1.29 is 24.6 Å². The van der Waals surface area contributed by atoms with Gasteiger partial charge in [0.2, 0.25) is 5.91 Å². The summed E-state index contributed by atoms with van der Waals surface area (Å²) in [4.78, 5) is 34.0. The Morgan fingerprint density at radius 2 is 1.43 bits per heavy atom. The minimum Gasteiger partial charge on any atom is -0.478 e. The Balaban J connectivity index is 0.000000521. The highest BCUT2D eigenvalue weighted by Crippen LogP contribution is 2.31. The normalized spacial score (nSPS) is 10.7. The topological polar surface area (TPSA) is 125 Å². The lowest BCUT2D eigenvalue weighted by Crippen LogP contribution is -2.32.